The molecule has 0 spiro atoms. The molecular weight excluding hydrogens is 206 g/mol. The van der Waals surface area contributed by atoms with E-state index in [0.717, 1.165) is 6.54 Å². The molecule has 0 aliphatic rings. The number of hydrogen-bond donors (Lipinski definition) is 1. The van der Waals surface area contributed by atoms with Crippen molar-refractivity contribution in [2.45, 2.75) is 57.8 Å². The van der Waals surface area contributed by atoms with Crippen LogP contribution < -0.4 is 5.73 Å². The van der Waals surface area contributed by atoms with Crippen LogP contribution in [0.3, 0.4) is 0 Å². The minimum atomic E-state index is 0.858. The Morgan fingerprint density at radius 3 is 1.76 bits per heavy atom. The molecule has 1 nitrogen and oxygen atoms in total. The average Bonchev–Trinajstić information content (AvgIpc) is 2.38. The molecule has 0 radical (unpaired) electrons. The Balaban J connectivity index is 1.85. The molecule has 2 N–H and O–H groups in total. The van der Waals surface area contributed by atoms with Crippen LogP contribution in [-0.2, 0) is 6.42 Å². The van der Waals surface area contributed by atoms with Gasteiger partial charge >= 0.3 is 0 Å². The molecule has 0 fully saturated rings. The summed E-state index contributed by atoms with van der Waals surface area (Å²) in [5.41, 5.74) is 6.95. The molecule has 0 atom stereocenters. The smallest absolute Gasteiger partial charge is 0.00773 e. The summed E-state index contributed by atoms with van der Waals surface area (Å²) in [6.07, 6.45) is 12.1. The highest BCUT2D eigenvalue weighted by molar-refractivity contribution is 5.14. The lowest BCUT2D eigenvalue weighted by molar-refractivity contribution is 0.570. The Labute approximate surface area is 106 Å². The predicted molar refractivity (Wildman–Crippen MR) is 76.1 cm³/mol. The van der Waals surface area contributed by atoms with Crippen LogP contribution in [0.25, 0.3) is 0 Å². The summed E-state index contributed by atoms with van der Waals surface area (Å²) in [4.78, 5) is 0. The summed E-state index contributed by atoms with van der Waals surface area (Å²) in [5.74, 6) is 0. The van der Waals surface area contributed by atoms with Crippen molar-refractivity contribution in [2.24, 2.45) is 5.73 Å². The molecule has 0 heterocycles. The Morgan fingerprint density at radius 2 is 1.18 bits per heavy atom. The highest BCUT2D eigenvalue weighted by atomic mass is 14.5. The van der Waals surface area contributed by atoms with E-state index < -0.39 is 0 Å². The van der Waals surface area contributed by atoms with Gasteiger partial charge in [0, 0.05) is 0 Å². The lowest BCUT2D eigenvalue weighted by Crippen LogP contribution is -1.97. The van der Waals surface area contributed by atoms with Crippen LogP contribution in [0, 0.1) is 0 Å². The molecule has 0 saturated carbocycles. The molecule has 0 saturated heterocycles. The van der Waals surface area contributed by atoms with E-state index in [1.54, 1.807) is 0 Å². The van der Waals surface area contributed by atoms with Crippen molar-refractivity contribution in [1.29, 1.82) is 0 Å². The Hall–Kier alpha value is -0.820. The van der Waals surface area contributed by atoms with Crippen LogP contribution in [0.1, 0.15) is 56.9 Å². The van der Waals surface area contributed by atoms with E-state index in [9.17, 15) is 0 Å². The minimum absolute atomic E-state index is 0.858. The van der Waals surface area contributed by atoms with Gasteiger partial charge in [0.1, 0.15) is 0 Å². The van der Waals surface area contributed by atoms with Crippen molar-refractivity contribution in [3.05, 3.63) is 35.9 Å². The predicted octanol–water partition coefficient (Wildman–Crippen LogP) is 4.31. The zero-order chi connectivity index (χ0) is 12.2. The molecule has 0 amide bonds. The molecule has 0 bridgehead atoms. The third kappa shape index (κ3) is 7.98. The number of hydrogen-bond acceptors (Lipinski definition) is 1. The zero-order valence-corrected chi connectivity index (χ0v) is 11.0. The lowest BCUT2D eigenvalue weighted by atomic mass is 10.0. The Kier molecular flexibility index (Phi) is 8.66. The van der Waals surface area contributed by atoms with Gasteiger partial charge in [-0.3, -0.25) is 0 Å². The van der Waals surface area contributed by atoms with Crippen molar-refractivity contribution < 1.29 is 0 Å². The van der Waals surface area contributed by atoms with Gasteiger partial charge in [-0.05, 0) is 31.4 Å². The SMILES string of the molecule is NCCCCCCCCCCc1ccccc1. The summed E-state index contributed by atoms with van der Waals surface area (Å²) in [6.45, 7) is 0.858. The molecule has 0 unspecified atom stereocenters. The molecule has 1 rings (SSSR count). The summed E-state index contributed by atoms with van der Waals surface area (Å²) in [5, 5.41) is 0. The van der Waals surface area contributed by atoms with E-state index in [1.807, 2.05) is 0 Å². The second-order valence-corrected chi connectivity index (χ2v) is 4.85. The van der Waals surface area contributed by atoms with Crippen molar-refractivity contribution in [3.63, 3.8) is 0 Å². The Morgan fingerprint density at radius 1 is 0.647 bits per heavy atom. The van der Waals surface area contributed by atoms with E-state index >= 15 is 0 Å². The van der Waals surface area contributed by atoms with Gasteiger partial charge in [0.2, 0.25) is 0 Å². The van der Waals surface area contributed by atoms with Crippen LogP contribution in [0.5, 0.6) is 0 Å². The molecule has 0 aliphatic carbocycles. The molecule has 1 heteroatoms. The standard InChI is InChI=1S/C16H27N/c17-15-11-6-4-2-1-3-5-8-12-16-13-9-7-10-14-16/h7,9-10,13-14H,1-6,8,11-12,15,17H2. The highest BCUT2D eigenvalue weighted by Crippen LogP contribution is 2.10. The van der Waals surface area contributed by atoms with Gasteiger partial charge in [-0.1, -0.05) is 68.9 Å². The summed E-state index contributed by atoms with van der Waals surface area (Å²) in [7, 11) is 0. The quantitative estimate of drug-likeness (QED) is 0.599. The monoisotopic (exact) mass is 233 g/mol. The van der Waals surface area contributed by atoms with Gasteiger partial charge in [-0.2, -0.15) is 0 Å². The normalized spacial score (nSPS) is 10.6. The van der Waals surface area contributed by atoms with E-state index in [0.29, 0.717) is 0 Å². The molecule has 96 valence electrons. The number of benzene rings is 1. The number of rotatable bonds is 10. The number of nitrogens with two attached hydrogens (primary N) is 1. The number of unbranched alkanes of at least 4 members (excludes halogenated alkanes) is 7. The molecule has 1 aromatic rings. The lowest BCUT2D eigenvalue weighted by Gasteiger charge is -2.02. The van der Waals surface area contributed by atoms with E-state index in [1.165, 1.54) is 63.4 Å². The molecule has 1 aromatic carbocycles. The third-order valence-corrected chi connectivity index (χ3v) is 3.26. The minimum Gasteiger partial charge on any atom is -0.330 e. The van der Waals surface area contributed by atoms with Crippen molar-refractivity contribution in [1.82, 2.24) is 0 Å². The summed E-state index contributed by atoms with van der Waals surface area (Å²) in [6, 6.07) is 10.8. The second kappa shape index (κ2) is 10.3. The first-order valence-corrected chi connectivity index (χ1v) is 7.17. The number of aryl methyl sites for hydroxylation is 1. The second-order valence-electron chi connectivity index (χ2n) is 4.85. The van der Waals surface area contributed by atoms with Crippen molar-refractivity contribution in [2.75, 3.05) is 6.54 Å². The molecule has 0 aliphatic heterocycles. The first-order valence-electron chi connectivity index (χ1n) is 7.17. The molecule has 17 heavy (non-hydrogen) atoms. The fourth-order valence-corrected chi connectivity index (χ4v) is 2.18. The first-order chi connectivity index (χ1) is 8.43. The maximum Gasteiger partial charge on any atom is -0.00773 e. The fraction of sp³-hybridized carbons (Fsp3) is 0.625. The van der Waals surface area contributed by atoms with E-state index in [2.05, 4.69) is 30.3 Å². The largest absolute Gasteiger partial charge is 0.330 e. The summed E-state index contributed by atoms with van der Waals surface area (Å²) >= 11 is 0. The van der Waals surface area contributed by atoms with Gasteiger partial charge in [-0.15, -0.1) is 0 Å². The van der Waals surface area contributed by atoms with Gasteiger partial charge in [0.05, 0.1) is 0 Å². The maximum absolute atomic E-state index is 5.46. The Bertz CT molecular complexity index is 255. The maximum atomic E-state index is 5.46. The molecular formula is C16H27N. The van der Waals surface area contributed by atoms with Crippen LogP contribution in [-0.4, -0.2) is 6.54 Å². The van der Waals surface area contributed by atoms with E-state index in [4.69, 9.17) is 5.73 Å². The van der Waals surface area contributed by atoms with Crippen LogP contribution >= 0.6 is 0 Å². The fourth-order valence-electron chi connectivity index (χ4n) is 2.18. The van der Waals surface area contributed by atoms with Crippen LogP contribution in [0.2, 0.25) is 0 Å². The average molecular weight is 233 g/mol. The van der Waals surface area contributed by atoms with Gasteiger partial charge in [0.25, 0.3) is 0 Å². The highest BCUT2D eigenvalue weighted by Gasteiger charge is 1.93. The zero-order valence-electron chi connectivity index (χ0n) is 11.0. The first kappa shape index (κ1) is 14.2. The van der Waals surface area contributed by atoms with E-state index in [-0.39, 0.29) is 0 Å². The van der Waals surface area contributed by atoms with Gasteiger partial charge in [-0.25, -0.2) is 0 Å². The third-order valence-electron chi connectivity index (χ3n) is 3.26. The van der Waals surface area contributed by atoms with Crippen LogP contribution in [0.15, 0.2) is 30.3 Å². The summed E-state index contributed by atoms with van der Waals surface area (Å²) < 4.78 is 0. The van der Waals surface area contributed by atoms with Crippen molar-refractivity contribution >= 4 is 0 Å². The topological polar surface area (TPSA) is 26.0 Å². The van der Waals surface area contributed by atoms with Gasteiger partial charge < -0.3 is 5.73 Å². The van der Waals surface area contributed by atoms with Gasteiger partial charge in [0.15, 0.2) is 0 Å². The van der Waals surface area contributed by atoms with Crippen molar-refractivity contribution in [3.8, 4) is 0 Å². The van der Waals surface area contributed by atoms with Crippen LogP contribution in [0.4, 0.5) is 0 Å². The molecule has 0 aromatic heterocycles.